The first-order valence-corrected chi connectivity index (χ1v) is 6.50. The van der Waals surface area contributed by atoms with Gasteiger partial charge in [-0.05, 0) is 0 Å². The molecule has 0 unspecified atom stereocenters. The van der Waals surface area contributed by atoms with E-state index < -0.39 is 5.97 Å². The van der Waals surface area contributed by atoms with Crippen molar-refractivity contribution in [1.29, 1.82) is 0 Å². The van der Waals surface area contributed by atoms with Crippen molar-refractivity contribution in [2.75, 3.05) is 5.32 Å². The minimum atomic E-state index is -1.01. The molecule has 5 nitrogen and oxygen atoms in total. The first-order valence-electron chi connectivity index (χ1n) is 5.68. The zero-order chi connectivity index (χ0) is 14.1. The number of hydrogen-bond donors (Lipinski definition) is 2. The molecule has 0 aliphatic rings. The predicted molar refractivity (Wildman–Crippen MR) is 71.2 cm³/mol. The molecule has 2 N–H and O–H groups in total. The van der Waals surface area contributed by atoms with Crippen LogP contribution in [0.4, 0.5) is 5.13 Å². The summed E-state index contributed by atoms with van der Waals surface area (Å²) in [4.78, 5) is 27.1. The number of aromatic carboxylic acids is 1. The number of anilines is 1. The summed E-state index contributed by atoms with van der Waals surface area (Å²) in [6, 6.07) is 0. The second-order valence-electron chi connectivity index (χ2n) is 5.40. The molecule has 1 heterocycles. The van der Waals surface area contributed by atoms with E-state index in [2.05, 4.69) is 10.3 Å². The van der Waals surface area contributed by atoms with Gasteiger partial charge in [0.25, 0.3) is 0 Å². The summed E-state index contributed by atoms with van der Waals surface area (Å²) >= 11 is 0.998. The van der Waals surface area contributed by atoms with Gasteiger partial charge in [0.05, 0.1) is 5.69 Å². The van der Waals surface area contributed by atoms with Crippen molar-refractivity contribution in [3.63, 3.8) is 0 Å². The van der Waals surface area contributed by atoms with E-state index in [9.17, 15) is 9.59 Å². The molecule has 0 radical (unpaired) electrons. The fourth-order valence-electron chi connectivity index (χ4n) is 1.28. The Hall–Kier alpha value is -1.43. The van der Waals surface area contributed by atoms with Crippen LogP contribution in [0.25, 0.3) is 0 Å². The molecule has 0 spiro atoms. The van der Waals surface area contributed by atoms with Crippen LogP contribution in [-0.2, 0) is 10.2 Å². The number of carboxylic acid groups (broad SMARTS) is 1. The van der Waals surface area contributed by atoms with Crippen LogP contribution in [0, 0.1) is 5.92 Å². The number of thiazole rings is 1. The number of nitrogens with zero attached hydrogens (tertiary/aromatic N) is 1. The molecule has 100 valence electrons. The number of aromatic nitrogens is 1. The monoisotopic (exact) mass is 270 g/mol. The standard InChI is InChI=1S/C12H18N2O3S/c1-6(2)9(15)14-11-13-8(12(3,4)5)7(18-11)10(16)17/h6H,1-5H3,(H,16,17)(H,13,14,15). The second-order valence-corrected chi connectivity index (χ2v) is 6.39. The molecule has 1 aromatic rings. The fourth-order valence-corrected chi connectivity index (χ4v) is 2.29. The maximum atomic E-state index is 11.6. The number of rotatable bonds is 3. The normalized spacial score (nSPS) is 11.7. The third-order valence-corrected chi connectivity index (χ3v) is 3.25. The van der Waals surface area contributed by atoms with Gasteiger partial charge < -0.3 is 10.4 Å². The Labute approximate surface area is 110 Å². The van der Waals surface area contributed by atoms with Gasteiger partial charge in [-0.25, -0.2) is 9.78 Å². The average Bonchev–Trinajstić information content (AvgIpc) is 2.60. The summed E-state index contributed by atoms with van der Waals surface area (Å²) in [6.07, 6.45) is 0. The Morgan fingerprint density at radius 3 is 2.22 bits per heavy atom. The van der Waals surface area contributed by atoms with Gasteiger partial charge in [-0.1, -0.05) is 46.0 Å². The maximum Gasteiger partial charge on any atom is 0.347 e. The molecule has 1 aromatic heterocycles. The highest BCUT2D eigenvalue weighted by Crippen LogP contribution is 2.32. The third kappa shape index (κ3) is 3.29. The molecule has 18 heavy (non-hydrogen) atoms. The van der Waals surface area contributed by atoms with E-state index in [1.165, 1.54) is 0 Å². The number of carbonyl (C=O) groups excluding carboxylic acids is 1. The molecule has 0 aliphatic carbocycles. The lowest BCUT2D eigenvalue weighted by Gasteiger charge is -2.15. The Kier molecular flexibility index (Phi) is 4.11. The van der Waals surface area contributed by atoms with Gasteiger partial charge in [0.1, 0.15) is 4.88 Å². The van der Waals surface area contributed by atoms with Crippen molar-refractivity contribution in [3.8, 4) is 0 Å². The van der Waals surface area contributed by atoms with Gasteiger partial charge in [-0.2, -0.15) is 0 Å². The second kappa shape index (κ2) is 5.06. The molecular formula is C12H18N2O3S. The number of nitrogens with one attached hydrogen (secondary N) is 1. The molecular weight excluding hydrogens is 252 g/mol. The summed E-state index contributed by atoms with van der Waals surface area (Å²) < 4.78 is 0. The van der Waals surface area contributed by atoms with Crippen molar-refractivity contribution >= 4 is 28.3 Å². The van der Waals surface area contributed by atoms with Crippen molar-refractivity contribution in [2.24, 2.45) is 5.92 Å². The lowest BCUT2D eigenvalue weighted by molar-refractivity contribution is -0.118. The van der Waals surface area contributed by atoms with E-state index in [0.717, 1.165) is 11.3 Å². The highest BCUT2D eigenvalue weighted by atomic mass is 32.1. The Morgan fingerprint density at radius 1 is 1.33 bits per heavy atom. The minimum Gasteiger partial charge on any atom is -0.477 e. The van der Waals surface area contributed by atoms with Gasteiger partial charge in [0, 0.05) is 11.3 Å². The quantitative estimate of drug-likeness (QED) is 0.885. The first kappa shape index (κ1) is 14.6. The molecule has 0 saturated heterocycles. The topological polar surface area (TPSA) is 79.3 Å². The number of amides is 1. The number of carbonyl (C=O) groups is 2. The van der Waals surface area contributed by atoms with Gasteiger partial charge >= 0.3 is 5.97 Å². The lowest BCUT2D eigenvalue weighted by atomic mass is 9.91. The molecule has 0 aromatic carbocycles. The van der Waals surface area contributed by atoms with E-state index in [1.54, 1.807) is 13.8 Å². The SMILES string of the molecule is CC(C)C(=O)Nc1nc(C(C)(C)C)c(C(=O)O)s1. The van der Waals surface area contributed by atoms with Crippen LogP contribution in [-0.4, -0.2) is 22.0 Å². The summed E-state index contributed by atoms with van der Waals surface area (Å²) in [5.41, 5.74) is 0.129. The average molecular weight is 270 g/mol. The predicted octanol–water partition coefficient (Wildman–Crippen LogP) is 2.73. The molecule has 6 heteroatoms. The van der Waals surface area contributed by atoms with Gasteiger partial charge in [-0.15, -0.1) is 0 Å². The van der Waals surface area contributed by atoms with Crippen LogP contribution in [0.5, 0.6) is 0 Å². The zero-order valence-electron chi connectivity index (χ0n) is 11.2. The van der Waals surface area contributed by atoms with Crippen LogP contribution >= 0.6 is 11.3 Å². The molecule has 0 saturated carbocycles. The van der Waals surface area contributed by atoms with Gasteiger partial charge in [-0.3, -0.25) is 4.79 Å². The van der Waals surface area contributed by atoms with Crippen molar-refractivity contribution in [2.45, 2.75) is 40.0 Å². The molecule has 0 atom stereocenters. The van der Waals surface area contributed by atoms with Crippen molar-refractivity contribution in [1.82, 2.24) is 4.98 Å². The molecule has 0 fully saturated rings. The molecule has 1 rings (SSSR count). The highest BCUT2D eigenvalue weighted by Gasteiger charge is 2.27. The largest absolute Gasteiger partial charge is 0.477 e. The summed E-state index contributed by atoms with van der Waals surface area (Å²) in [7, 11) is 0. The summed E-state index contributed by atoms with van der Waals surface area (Å²) in [5.74, 6) is -1.34. The van der Waals surface area contributed by atoms with Crippen LogP contribution < -0.4 is 5.32 Å². The Bertz CT molecular complexity index is 472. The van der Waals surface area contributed by atoms with E-state index in [0.29, 0.717) is 10.8 Å². The van der Waals surface area contributed by atoms with Crippen LogP contribution in [0.3, 0.4) is 0 Å². The molecule has 0 aliphatic heterocycles. The Balaban J connectivity index is 3.11. The van der Waals surface area contributed by atoms with Crippen LogP contribution in [0.15, 0.2) is 0 Å². The third-order valence-electron chi connectivity index (χ3n) is 2.29. The van der Waals surface area contributed by atoms with E-state index in [4.69, 9.17) is 5.11 Å². The van der Waals surface area contributed by atoms with Gasteiger partial charge in [0.2, 0.25) is 5.91 Å². The van der Waals surface area contributed by atoms with E-state index in [-0.39, 0.29) is 22.1 Å². The first-order chi connectivity index (χ1) is 8.12. The molecule has 0 bridgehead atoms. The number of carboxylic acids is 1. The van der Waals surface area contributed by atoms with Crippen LogP contribution in [0.2, 0.25) is 0 Å². The summed E-state index contributed by atoms with van der Waals surface area (Å²) in [5, 5.41) is 12.1. The van der Waals surface area contributed by atoms with Crippen LogP contribution in [0.1, 0.15) is 50.0 Å². The molecule has 1 amide bonds. The lowest BCUT2D eigenvalue weighted by Crippen LogP contribution is -2.18. The smallest absolute Gasteiger partial charge is 0.347 e. The maximum absolute atomic E-state index is 11.6. The summed E-state index contributed by atoms with van der Waals surface area (Å²) in [6.45, 7) is 9.21. The van der Waals surface area contributed by atoms with E-state index in [1.807, 2.05) is 20.8 Å². The van der Waals surface area contributed by atoms with Crippen molar-refractivity contribution < 1.29 is 14.7 Å². The minimum absolute atomic E-state index is 0.166. The highest BCUT2D eigenvalue weighted by molar-refractivity contribution is 7.17. The fraction of sp³-hybridized carbons (Fsp3) is 0.583. The number of hydrogen-bond acceptors (Lipinski definition) is 4. The van der Waals surface area contributed by atoms with E-state index >= 15 is 0 Å². The Morgan fingerprint density at radius 2 is 1.89 bits per heavy atom. The zero-order valence-corrected chi connectivity index (χ0v) is 12.0. The van der Waals surface area contributed by atoms with Gasteiger partial charge in [0.15, 0.2) is 5.13 Å². The van der Waals surface area contributed by atoms with Crippen molar-refractivity contribution in [3.05, 3.63) is 10.6 Å².